The van der Waals surface area contributed by atoms with Gasteiger partial charge in [0.15, 0.2) is 0 Å². The summed E-state index contributed by atoms with van der Waals surface area (Å²) in [5.41, 5.74) is 1.93. The molecule has 5 aliphatic carbocycles. The molecule has 5 rings (SSSR count). The molecule has 1 nitrogen and oxygen atoms in total. The number of rotatable bonds is 3. The van der Waals surface area contributed by atoms with Crippen LogP contribution in [0.25, 0.3) is 0 Å². The van der Waals surface area contributed by atoms with Gasteiger partial charge in [-0.05, 0) is 81.1 Å². The zero-order valence-electron chi connectivity index (χ0n) is 12.5. The van der Waals surface area contributed by atoms with Crippen molar-refractivity contribution in [3.63, 3.8) is 0 Å². The first kappa shape index (κ1) is 11.8. The van der Waals surface area contributed by atoms with Crippen LogP contribution in [0.4, 0.5) is 0 Å². The van der Waals surface area contributed by atoms with Crippen molar-refractivity contribution in [2.45, 2.75) is 70.8 Å². The van der Waals surface area contributed by atoms with Gasteiger partial charge in [-0.25, -0.2) is 0 Å². The van der Waals surface area contributed by atoms with E-state index in [9.17, 15) is 0 Å². The Bertz CT molecular complexity index is 352. The standard InChI is InChI=1S/C17H29N/c1-15-6-14-7-16(2,10-15)12-17(8-14,11-15)18(3)9-13-4-5-13/h13-14H,4-12H2,1-3H3. The lowest BCUT2D eigenvalue weighted by Crippen LogP contribution is -2.64. The summed E-state index contributed by atoms with van der Waals surface area (Å²) in [5, 5.41) is 0. The molecular formula is C17H29N. The van der Waals surface area contributed by atoms with Gasteiger partial charge in [0, 0.05) is 12.1 Å². The van der Waals surface area contributed by atoms with Crippen LogP contribution in [0.2, 0.25) is 0 Å². The zero-order valence-corrected chi connectivity index (χ0v) is 12.5. The van der Waals surface area contributed by atoms with Crippen LogP contribution in [0, 0.1) is 22.7 Å². The van der Waals surface area contributed by atoms with Gasteiger partial charge < -0.3 is 4.90 Å². The van der Waals surface area contributed by atoms with Gasteiger partial charge in [-0.1, -0.05) is 13.8 Å². The molecule has 0 amide bonds. The molecule has 0 aromatic heterocycles. The van der Waals surface area contributed by atoms with Gasteiger partial charge in [0.1, 0.15) is 0 Å². The van der Waals surface area contributed by atoms with Gasteiger partial charge in [-0.15, -0.1) is 0 Å². The third kappa shape index (κ3) is 1.69. The van der Waals surface area contributed by atoms with Crippen LogP contribution in [0.15, 0.2) is 0 Å². The highest BCUT2D eigenvalue weighted by molar-refractivity contribution is 5.14. The Labute approximate surface area is 112 Å². The van der Waals surface area contributed by atoms with Crippen LogP contribution >= 0.6 is 0 Å². The SMILES string of the molecule is CN(CC1CC1)C12CC3CC(C)(CC(C)(C3)C1)C2. The molecule has 0 aliphatic heterocycles. The van der Waals surface area contributed by atoms with E-state index in [1.165, 1.54) is 57.9 Å². The minimum absolute atomic E-state index is 0.589. The Morgan fingerprint density at radius 1 is 0.944 bits per heavy atom. The molecule has 2 unspecified atom stereocenters. The van der Waals surface area contributed by atoms with E-state index in [0.29, 0.717) is 16.4 Å². The summed E-state index contributed by atoms with van der Waals surface area (Å²) in [5.74, 6) is 2.08. The second-order valence-corrected chi connectivity index (χ2v) is 9.18. The third-order valence-electron chi connectivity index (χ3n) is 6.64. The quantitative estimate of drug-likeness (QED) is 0.726. The molecule has 18 heavy (non-hydrogen) atoms. The van der Waals surface area contributed by atoms with Crippen LogP contribution in [0.3, 0.4) is 0 Å². The van der Waals surface area contributed by atoms with E-state index in [1.807, 2.05) is 0 Å². The summed E-state index contributed by atoms with van der Waals surface area (Å²) in [6.07, 6.45) is 12.1. The highest BCUT2D eigenvalue weighted by Gasteiger charge is 2.61. The van der Waals surface area contributed by atoms with E-state index in [1.54, 1.807) is 0 Å². The first-order valence-electron chi connectivity index (χ1n) is 8.12. The second kappa shape index (κ2) is 3.34. The highest BCUT2D eigenvalue weighted by atomic mass is 15.2. The van der Waals surface area contributed by atoms with Crippen LogP contribution in [0.1, 0.15) is 65.2 Å². The number of hydrogen-bond donors (Lipinski definition) is 0. The van der Waals surface area contributed by atoms with Crippen molar-refractivity contribution < 1.29 is 0 Å². The molecule has 2 atom stereocenters. The zero-order chi connectivity index (χ0) is 12.6. The van der Waals surface area contributed by atoms with Gasteiger partial charge in [-0.3, -0.25) is 0 Å². The second-order valence-electron chi connectivity index (χ2n) is 9.18. The first-order chi connectivity index (χ1) is 8.41. The maximum atomic E-state index is 2.81. The van der Waals surface area contributed by atoms with Crippen LogP contribution in [-0.4, -0.2) is 24.0 Å². The van der Waals surface area contributed by atoms with E-state index in [-0.39, 0.29) is 0 Å². The minimum Gasteiger partial charge on any atom is -0.300 e. The highest BCUT2D eigenvalue weighted by Crippen LogP contribution is 2.67. The van der Waals surface area contributed by atoms with E-state index in [2.05, 4.69) is 25.8 Å². The summed E-state index contributed by atoms with van der Waals surface area (Å²) >= 11 is 0. The molecule has 0 aromatic rings. The fourth-order valence-electron chi connectivity index (χ4n) is 6.69. The predicted molar refractivity (Wildman–Crippen MR) is 75.5 cm³/mol. The summed E-state index contributed by atoms with van der Waals surface area (Å²) in [6, 6.07) is 0. The Morgan fingerprint density at radius 2 is 1.56 bits per heavy atom. The molecule has 0 saturated heterocycles. The van der Waals surface area contributed by atoms with Crippen molar-refractivity contribution in [1.82, 2.24) is 4.90 Å². The molecule has 102 valence electrons. The van der Waals surface area contributed by atoms with Gasteiger partial charge in [0.05, 0.1) is 0 Å². The summed E-state index contributed by atoms with van der Waals surface area (Å²) in [6.45, 7) is 6.57. The minimum atomic E-state index is 0.589. The van der Waals surface area contributed by atoms with E-state index < -0.39 is 0 Å². The lowest BCUT2D eigenvalue weighted by Gasteiger charge is -2.67. The molecule has 5 aliphatic rings. The number of nitrogens with zero attached hydrogens (tertiary/aromatic N) is 1. The average molecular weight is 247 g/mol. The van der Waals surface area contributed by atoms with Gasteiger partial charge in [0.2, 0.25) is 0 Å². The topological polar surface area (TPSA) is 3.24 Å². The van der Waals surface area contributed by atoms with Crippen molar-refractivity contribution in [2.24, 2.45) is 22.7 Å². The van der Waals surface area contributed by atoms with E-state index in [4.69, 9.17) is 0 Å². The Kier molecular flexibility index (Phi) is 2.18. The molecular weight excluding hydrogens is 218 g/mol. The monoisotopic (exact) mass is 247 g/mol. The molecule has 0 N–H and O–H groups in total. The van der Waals surface area contributed by atoms with E-state index in [0.717, 1.165) is 11.8 Å². The first-order valence-corrected chi connectivity index (χ1v) is 8.12. The third-order valence-corrected chi connectivity index (χ3v) is 6.64. The molecule has 5 fully saturated rings. The predicted octanol–water partition coefficient (Wildman–Crippen LogP) is 4.08. The van der Waals surface area contributed by atoms with Crippen molar-refractivity contribution in [2.75, 3.05) is 13.6 Å². The molecule has 1 heteroatoms. The maximum Gasteiger partial charge on any atom is 0.0219 e. The van der Waals surface area contributed by atoms with Gasteiger partial charge in [0.25, 0.3) is 0 Å². The molecule has 4 bridgehead atoms. The summed E-state index contributed by atoms with van der Waals surface area (Å²) in [7, 11) is 2.44. The molecule has 0 aromatic carbocycles. The summed E-state index contributed by atoms with van der Waals surface area (Å²) in [4.78, 5) is 2.81. The lowest BCUT2D eigenvalue weighted by atomic mass is 9.42. The number of hydrogen-bond acceptors (Lipinski definition) is 1. The fraction of sp³-hybridized carbons (Fsp3) is 1.00. The van der Waals surface area contributed by atoms with E-state index >= 15 is 0 Å². The molecule has 0 spiro atoms. The van der Waals surface area contributed by atoms with Crippen molar-refractivity contribution >= 4 is 0 Å². The van der Waals surface area contributed by atoms with Gasteiger partial charge >= 0.3 is 0 Å². The Hall–Kier alpha value is -0.0400. The van der Waals surface area contributed by atoms with Crippen LogP contribution in [-0.2, 0) is 0 Å². The normalized spacial score (nSPS) is 54.3. The largest absolute Gasteiger partial charge is 0.300 e. The Balaban J connectivity index is 1.64. The van der Waals surface area contributed by atoms with Crippen molar-refractivity contribution in [3.8, 4) is 0 Å². The molecule has 5 saturated carbocycles. The Morgan fingerprint density at radius 3 is 2.06 bits per heavy atom. The van der Waals surface area contributed by atoms with Gasteiger partial charge in [-0.2, -0.15) is 0 Å². The fourth-order valence-corrected chi connectivity index (χ4v) is 6.69. The van der Waals surface area contributed by atoms with Crippen molar-refractivity contribution in [1.29, 1.82) is 0 Å². The van der Waals surface area contributed by atoms with Crippen molar-refractivity contribution in [3.05, 3.63) is 0 Å². The summed E-state index contributed by atoms with van der Waals surface area (Å²) < 4.78 is 0. The van der Waals surface area contributed by atoms with Crippen LogP contribution < -0.4 is 0 Å². The molecule has 0 radical (unpaired) electrons. The lowest BCUT2D eigenvalue weighted by molar-refractivity contribution is -0.156. The maximum absolute atomic E-state index is 2.81. The van der Waals surface area contributed by atoms with Crippen LogP contribution in [0.5, 0.6) is 0 Å². The average Bonchev–Trinajstić information content (AvgIpc) is 2.95. The smallest absolute Gasteiger partial charge is 0.0219 e. The molecule has 0 heterocycles.